The normalized spacial score (nSPS) is 17.5. The van der Waals surface area contributed by atoms with Crippen molar-refractivity contribution in [3.05, 3.63) is 59.3 Å². The molecule has 1 aromatic heterocycles. The lowest BCUT2D eigenvalue weighted by Crippen LogP contribution is -2.33. The Labute approximate surface area is 174 Å². The molecule has 1 saturated heterocycles. The number of rotatable bonds is 6. The van der Waals surface area contributed by atoms with Crippen LogP contribution in [0.15, 0.2) is 42.5 Å². The van der Waals surface area contributed by atoms with Crippen molar-refractivity contribution in [1.82, 2.24) is 15.3 Å². The lowest BCUT2D eigenvalue weighted by atomic mass is 10.1. The predicted molar refractivity (Wildman–Crippen MR) is 114 cm³/mol. The van der Waals surface area contributed by atoms with E-state index < -0.39 is 0 Å². The number of para-hydroxylation sites is 2. The minimum atomic E-state index is -0.242. The van der Waals surface area contributed by atoms with E-state index >= 15 is 0 Å². The number of carbonyl (C=O) groups is 1. The topological polar surface area (TPSA) is 85.4 Å². The molecule has 2 N–H and O–H groups in total. The maximum Gasteiger partial charge on any atom is 0.273 e. The van der Waals surface area contributed by atoms with Crippen LogP contribution >= 0.6 is 0 Å². The van der Waals surface area contributed by atoms with Crippen LogP contribution in [0.4, 0.5) is 5.82 Å². The minimum Gasteiger partial charge on any atom is -0.493 e. The third kappa shape index (κ3) is 3.93. The second-order valence-electron chi connectivity index (χ2n) is 7.65. The number of anilines is 1. The number of fused-ring (bicyclic) bond motifs is 2. The Bertz CT molecular complexity index is 1080. The Morgan fingerprint density at radius 1 is 1.10 bits per heavy atom. The number of amides is 1. The zero-order chi connectivity index (χ0) is 20.3. The Morgan fingerprint density at radius 2 is 1.97 bits per heavy atom. The molecule has 154 valence electrons. The molecule has 7 nitrogen and oxygen atoms in total. The highest BCUT2D eigenvalue weighted by atomic mass is 16.5. The maximum atomic E-state index is 12.9. The molecule has 0 aliphatic carbocycles. The number of nitrogens with one attached hydrogen (secondary N) is 2. The first-order valence-corrected chi connectivity index (χ1v) is 10.4. The van der Waals surface area contributed by atoms with Crippen LogP contribution < -0.4 is 15.4 Å². The van der Waals surface area contributed by atoms with Gasteiger partial charge in [-0.3, -0.25) is 4.79 Å². The predicted octanol–water partition coefficient (Wildman–Crippen LogP) is 3.09. The van der Waals surface area contributed by atoms with Crippen LogP contribution in [0.5, 0.6) is 5.75 Å². The number of nitrogens with zero attached hydrogens (tertiary/aromatic N) is 2. The van der Waals surface area contributed by atoms with Crippen LogP contribution in [0.3, 0.4) is 0 Å². The van der Waals surface area contributed by atoms with E-state index in [1.807, 2.05) is 36.4 Å². The van der Waals surface area contributed by atoms with Crippen molar-refractivity contribution in [3.8, 4) is 5.75 Å². The molecule has 3 aromatic rings. The Morgan fingerprint density at radius 3 is 2.80 bits per heavy atom. The highest BCUT2D eigenvalue weighted by molar-refractivity contribution is 5.98. The van der Waals surface area contributed by atoms with Gasteiger partial charge in [0, 0.05) is 26.1 Å². The molecular weight excluding hydrogens is 380 g/mol. The molecule has 0 bridgehead atoms. The summed E-state index contributed by atoms with van der Waals surface area (Å²) in [5.41, 5.74) is 4.07. The number of carbonyl (C=O) groups excluding carboxylic acids is 1. The van der Waals surface area contributed by atoms with Crippen LogP contribution in [0.2, 0.25) is 0 Å². The Balaban J connectivity index is 1.37. The average molecular weight is 404 g/mol. The van der Waals surface area contributed by atoms with E-state index in [2.05, 4.69) is 26.7 Å². The summed E-state index contributed by atoms with van der Waals surface area (Å²) in [4.78, 5) is 22.2. The van der Waals surface area contributed by atoms with Gasteiger partial charge < -0.3 is 20.1 Å². The zero-order valence-corrected chi connectivity index (χ0v) is 16.7. The third-order valence-electron chi connectivity index (χ3n) is 5.51. The fraction of sp³-hybridized carbons (Fsp3) is 0.348. The van der Waals surface area contributed by atoms with Crippen molar-refractivity contribution in [2.24, 2.45) is 0 Å². The maximum absolute atomic E-state index is 12.9. The first-order chi connectivity index (χ1) is 14.8. The van der Waals surface area contributed by atoms with Crippen molar-refractivity contribution >= 4 is 22.8 Å². The largest absolute Gasteiger partial charge is 0.493 e. The molecule has 1 amide bonds. The lowest BCUT2D eigenvalue weighted by molar-refractivity contribution is 0.0854. The molecule has 0 spiro atoms. The van der Waals surface area contributed by atoms with E-state index in [1.165, 1.54) is 5.56 Å². The lowest BCUT2D eigenvalue weighted by Gasteiger charge is -2.14. The summed E-state index contributed by atoms with van der Waals surface area (Å²) in [5.74, 6) is 1.20. The van der Waals surface area contributed by atoms with Crippen molar-refractivity contribution < 1.29 is 14.3 Å². The van der Waals surface area contributed by atoms with Crippen molar-refractivity contribution in [2.75, 3.05) is 25.1 Å². The summed E-state index contributed by atoms with van der Waals surface area (Å²) < 4.78 is 11.2. The molecule has 30 heavy (non-hydrogen) atoms. The Hall–Kier alpha value is -3.19. The van der Waals surface area contributed by atoms with E-state index in [0.717, 1.165) is 49.3 Å². The van der Waals surface area contributed by atoms with E-state index in [-0.39, 0.29) is 12.0 Å². The highest BCUT2D eigenvalue weighted by Gasteiger charge is 2.20. The van der Waals surface area contributed by atoms with Gasteiger partial charge in [0.15, 0.2) is 11.5 Å². The molecule has 1 unspecified atom stereocenters. The summed E-state index contributed by atoms with van der Waals surface area (Å²) in [6.07, 6.45) is 3.01. The molecule has 0 saturated carbocycles. The van der Waals surface area contributed by atoms with Gasteiger partial charge >= 0.3 is 0 Å². The second kappa shape index (κ2) is 8.28. The van der Waals surface area contributed by atoms with E-state index in [9.17, 15) is 4.79 Å². The van der Waals surface area contributed by atoms with Gasteiger partial charge in [0.1, 0.15) is 5.75 Å². The minimum absolute atomic E-state index is 0.0763. The number of hydrogen-bond acceptors (Lipinski definition) is 6. The number of benzene rings is 2. The molecule has 5 rings (SSSR count). The standard InChI is InChI=1S/C23H24N4O3/c28-23(25-14-17-4-3-10-29-17)21-22(27-19-6-2-1-5-18(19)26-21)24-13-15-7-8-20-16(12-15)9-11-30-20/h1-2,5-8,12,17H,3-4,9-11,13-14H2,(H,24,27)(H,25,28). The smallest absolute Gasteiger partial charge is 0.273 e. The quantitative estimate of drug-likeness (QED) is 0.657. The zero-order valence-electron chi connectivity index (χ0n) is 16.7. The van der Waals surface area contributed by atoms with E-state index in [1.54, 1.807) is 0 Å². The van der Waals surface area contributed by atoms with E-state index in [4.69, 9.17) is 9.47 Å². The molecule has 3 heterocycles. The van der Waals surface area contributed by atoms with Crippen LogP contribution in [-0.2, 0) is 17.7 Å². The molecule has 2 aliphatic rings. The van der Waals surface area contributed by atoms with Gasteiger partial charge in [-0.1, -0.05) is 24.3 Å². The average Bonchev–Trinajstić information content (AvgIpc) is 3.46. The summed E-state index contributed by atoms with van der Waals surface area (Å²) >= 11 is 0. The van der Waals surface area contributed by atoms with Gasteiger partial charge in [-0.05, 0) is 42.2 Å². The van der Waals surface area contributed by atoms with Crippen LogP contribution in [-0.4, -0.2) is 41.7 Å². The summed E-state index contributed by atoms with van der Waals surface area (Å²) in [6.45, 7) is 2.52. The molecular formula is C23H24N4O3. The third-order valence-corrected chi connectivity index (χ3v) is 5.51. The number of ether oxygens (including phenoxy) is 2. The van der Waals surface area contributed by atoms with Gasteiger partial charge in [-0.15, -0.1) is 0 Å². The number of hydrogen-bond donors (Lipinski definition) is 2. The van der Waals surface area contributed by atoms with E-state index in [0.29, 0.717) is 30.1 Å². The highest BCUT2D eigenvalue weighted by Crippen LogP contribution is 2.26. The van der Waals surface area contributed by atoms with Crippen LogP contribution in [0.25, 0.3) is 11.0 Å². The second-order valence-corrected chi connectivity index (χ2v) is 7.65. The molecule has 7 heteroatoms. The van der Waals surface area contributed by atoms with Crippen LogP contribution in [0.1, 0.15) is 34.5 Å². The first kappa shape index (κ1) is 18.8. The first-order valence-electron chi connectivity index (χ1n) is 10.4. The van der Waals surface area contributed by atoms with Gasteiger partial charge in [0.05, 0.1) is 23.7 Å². The molecule has 0 radical (unpaired) electrons. The summed E-state index contributed by atoms with van der Waals surface area (Å²) in [6, 6.07) is 13.7. The molecule has 1 fully saturated rings. The Kier molecular flexibility index (Phi) is 5.19. The van der Waals surface area contributed by atoms with Crippen LogP contribution in [0, 0.1) is 0 Å². The van der Waals surface area contributed by atoms with Crippen molar-refractivity contribution in [1.29, 1.82) is 0 Å². The van der Waals surface area contributed by atoms with Crippen molar-refractivity contribution in [2.45, 2.75) is 31.9 Å². The fourth-order valence-corrected chi connectivity index (χ4v) is 3.91. The SMILES string of the molecule is O=C(NCC1CCCO1)c1nc2ccccc2nc1NCc1ccc2c(c1)CCO2. The molecule has 1 atom stereocenters. The molecule has 2 aromatic carbocycles. The van der Waals surface area contributed by atoms with Gasteiger partial charge in [0.2, 0.25) is 0 Å². The van der Waals surface area contributed by atoms with Gasteiger partial charge in [0.25, 0.3) is 5.91 Å². The number of aromatic nitrogens is 2. The van der Waals surface area contributed by atoms with Crippen molar-refractivity contribution in [3.63, 3.8) is 0 Å². The fourth-order valence-electron chi connectivity index (χ4n) is 3.91. The monoisotopic (exact) mass is 404 g/mol. The molecule has 2 aliphatic heterocycles. The summed E-state index contributed by atoms with van der Waals surface area (Å²) in [5, 5.41) is 6.27. The summed E-state index contributed by atoms with van der Waals surface area (Å²) in [7, 11) is 0. The van der Waals surface area contributed by atoms with Gasteiger partial charge in [-0.2, -0.15) is 0 Å². The van der Waals surface area contributed by atoms with Gasteiger partial charge in [-0.25, -0.2) is 9.97 Å².